The molecule has 2 aromatic rings. The van der Waals surface area contributed by atoms with E-state index < -0.39 is 0 Å². The van der Waals surface area contributed by atoms with E-state index in [1.54, 1.807) is 12.1 Å². The van der Waals surface area contributed by atoms with Crippen LogP contribution in [0.3, 0.4) is 0 Å². The lowest BCUT2D eigenvalue weighted by molar-refractivity contribution is 0.474. The average molecular weight is 222 g/mol. The summed E-state index contributed by atoms with van der Waals surface area (Å²) in [7, 11) is 0. The standard InChI is InChI=1S/C16H14O/c1-2-13-9-11-16(17)15(12-13)10-8-14-6-4-3-5-7-14/h2-12,17H,1H2. The van der Waals surface area contributed by atoms with Gasteiger partial charge in [0.2, 0.25) is 0 Å². The van der Waals surface area contributed by atoms with E-state index in [0.717, 1.165) is 16.7 Å². The third kappa shape index (κ3) is 2.85. The maximum Gasteiger partial charge on any atom is 0.122 e. The summed E-state index contributed by atoms with van der Waals surface area (Å²) in [5.74, 6) is 0.280. The predicted molar refractivity (Wildman–Crippen MR) is 73.6 cm³/mol. The van der Waals surface area contributed by atoms with Gasteiger partial charge in [0.15, 0.2) is 0 Å². The zero-order valence-corrected chi connectivity index (χ0v) is 9.51. The van der Waals surface area contributed by atoms with E-state index in [1.165, 1.54) is 0 Å². The van der Waals surface area contributed by atoms with Gasteiger partial charge in [-0.3, -0.25) is 0 Å². The van der Waals surface area contributed by atoms with Crippen molar-refractivity contribution in [2.45, 2.75) is 0 Å². The second kappa shape index (κ2) is 5.17. The molecule has 17 heavy (non-hydrogen) atoms. The summed E-state index contributed by atoms with van der Waals surface area (Å²) in [6.07, 6.45) is 5.64. The van der Waals surface area contributed by atoms with Crippen LogP contribution < -0.4 is 0 Å². The zero-order chi connectivity index (χ0) is 12.1. The Morgan fingerprint density at radius 3 is 2.35 bits per heavy atom. The molecule has 0 spiro atoms. The summed E-state index contributed by atoms with van der Waals surface area (Å²) in [6, 6.07) is 15.4. The molecule has 0 aliphatic heterocycles. The van der Waals surface area contributed by atoms with Gasteiger partial charge in [0.05, 0.1) is 0 Å². The summed E-state index contributed by atoms with van der Waals surface area (Å²) < 4.78 is 0. The first-order valence-corrected chi connectivity index (χ1v) is 5.48. The summed E-state index contributed by atoms with van der Waals surface area (Å²) in [4.78, 5) is 0. The van der Waals surface area contributed by atoms with E-state index in [2.05, 4.69) is 6.58 Å². The Hall–Kier alpha value is -2.28. The second-order valence-corrected chi connectivity index (χ2v) is 3.77. The third-order valence-corrected chi connectivity index (χ3v) is 2.54. The molecule has 0 aliphatic carbocycles. The molecular weight excluding hydrogens is 208 g/mol. The molecule has 0 aliphatic rings. The number of hydrogen-bond acceptors (Lipinski definition) is 1. The molecular formula is C16H14O. The Labute approximate surface area is 101 Å². The van der Waals surface area contributed by atoms with Crippen LogP contribution in [-0.2, 0) is 0 Å². The van der Waals surface area contributed by atoms with Gasteiger partial charge in [-0.25, -0.2) is 0 Å². The summed E-state index contributed by atoms with van der Waals surface area (Å²) >= 11 is 0. The minimum Gasteiger partial charge on any atom is -0.507 e. The van der Waals surface area contributed by atoms with Crippen LogP contribution in [-0.4, -0.2) is 5.11 Å². The first-order chi connectivity index (χ1) is 8.29. The first kappa shape index (κ1) is 11.2. The van der Waals surface area contributed by atoms with Crippen molar-refractivity contribution in [3.05, 3.63) is 71.8 Å². The lowest BCUT2D eigenvalue weighted by Crippen LogP contribution is -1.78. The third-order valence-electron chi connectivity index (χ3n) is 2.54. The van der Waals surface area contributed by atoms with Gasteiger partial charge in [-0.15, -0.1) is 0 Å². The van der Waals surface area contributed by atoms with E-state index in [4.69, 9.17) is 0 Å². The second-order valence-electron chi connectivity index (χ2n) is 3.77. The smallest absolute Gasteiger partial charge is 0.122 e. The minimum absolute atomic E-state index is 0.280. The van der Waals surface area contributed by atoms with Crippen molar-refractivity contribution in [3.63, 3.8) is 0 Å². The summed E-state index contributed by atoms with van der Waals surface area (Å²) in [5.41, 5.74) is 2.90. The Morgan fingerprint density at radius 2 is 1.65 bits per heavy atom. The van der Waals surface area contributed by atoms with Crippen LogP contribution in [0.1, 0.15) is 16.7 Å². The molecule has 2 rings (SSSR count). The van der Waals surface area contributed by atoms with Gasteiger partial charge < -0.3 is 5.11 Å². The van der Waals surface area contributed by atoms with Crippen molar-refractivity contribution in [2.75, 3.05) is 0 Å². The fraction of sp³-hybridized carbons (Fsp3) is 0. The number of aromatic hydroxyl groups is 1. The lowest BCUT2D eigenvalue weighted by atomic mass is 10.1. The van der Waals surface area contributed by atoms with Crippen LogP contribution in [0, 0.1) is 0 Å². The van der Waals surface area contributed by atoms with Gasteiger partial charge in [0.25, 0.3) is 0 Å². The number of hydrogen-bond donors (Lipinski definition) is 1. The predicted octanol–water partition coefficient (Wildman–Crippen LogP) is 4.21. The van der Waals surface area contributed by atoms with Gasteiger partial charge in [0.1, 0.15) is 5.75 Å². The number of phenolic OH excluding ortho intramolecular Hbond substituents is 1. The largest absolute Gasteiger partial charge is 0.507 e. The Bertz CT molecular complexity index is 539. The topological polar surface area (TPSA) is 20.2 Å². The highest BCUT2D eigenvalue weighted by atomic mass is 16.3. The number of rotatable bonds is 3. The maximum absolute atomic E-state index is 9.72. The molecule has 0 bridgehead atoms. The van der Waals surface area contributed by atoms with Crippen LogP contribution in [0.15, 0.2) is 55.1 Å². The quantitative estimate of drug-likeness (QED) is 0.771. The van der Waals surface area contributed by atoms with Crippen LogP contribution >= 0.6 is 0 Å². The van der Waals surface area contributed by atoms with E-state index >= 15 is 0 Å². The van der Waals surface area contributed by atoms with Crippen molar-refractivity contribution in [1.82, 2.24) is 0 Å². The normalized spacial score (nSPS) is 10.6. The van der Waals surface area contributed by atoms with Crippen LogP contribution in [0.2, 0.25) is 0 Å². The van der Waals surface area contributed by atoms with Crippen molar-refractivity contribution in [1.29, 1.82) is 0 Å². The molecule has 0 amide bonds. The van der Waals surface area contributed by atoms with Crippen LogP contribution in [0.5, 0.6) is 5.75 Å². The Balaban J connectivity index is 2.29. The number of benzene rings is 2. The zero-order valence-electron chi connectivity index (χ0n) is 9.51. The highest BCUT2D eigenvalue weighted by molar-refractivity contribution is 5.73. The molecule has 1 N–H and O–H groups in total. The van der Waals surface area contributed by atoms with E-state index in [1.807, 2.05) is 54.6 Å². The average Bonchev–Trinajstić information content (AvgIpc) is 2.39. The van der Waals surface area contributed by atoms with Crippen molar-refractivity contribution in [3.8, 4) is 5.75 Å². The number of phenols is 1. The summed E-state index contributed by atoms with van der Waals surface area (Å²) in [5, 5.41) is 9.72. The fourth-order valence-corrected chi connectivity index (χ4v) is 1.58. The molecule has 1 nitrogen and oxygen atoms in total. The highest BCUT2D eigenvalue weighted by Gasteiger charge is 1.97. The van der Waals surface area contributed by atoms with Gasteiger partial charge in [-0.1, -0.05) is 61.2 Å². The molecule has 0 saturated heterocycles. The molecule has 2 aromatic carbocycles. The summed E-state index contributed by atoms with van der Waals surface area (Å²) in [6.45, 7) is 3.71. The van der Waals surface area contributed by atoms with E-state index in [0.29, 0.717) is 0 Å². The van der Waals surface area contributed by atoms with Gasteiger partial charge in [0, 0.05) is 5.56 Å². The Kier molecular flexibility index (Phi) is 3.41. The molecule has 0 fully saturated rings. The molecule has 0 atom stereocenters. The maximum atomic E-state index is 9.72. The van der Waals surface area contributed by atoms with Crippen molar-refractivity contribution in [2.24, 2.45) is 0 Å². The van der Waals surface area contributed by atoms with Crippen molar-refractivity contribution >= 4 is 18.2 Å². The minimum atomic E-state index is 0.280. The molecule has 0 aromatic heterocycles. The molecule has 84 valence electrons. The molecule has 0 saturated carbocycles. The first-order valence-electron chi connectivity index (χ1n) is 5.48. The van der Waals surface area contributed by atoms with Gasteiger partial charge >= 0.3 is 0 Å². The van der Waals surface area contributed by atoms with E-state index in [-0.39, 0.29) is 5.75 Å². The Morgan fingerprint density at radius 1 is 0.882 bits per heavy atom. The van der Waals surface area contributed by atoms with Gasteiger partial charge in [-0.2, -0.15) is 0 Å². The highest BCUT2D eigenvalue weighted by Crippen LogP contribution is 2.21. The monoisotopic (exact) mass is 222 g/mol. The molecule has 1 heteroatoms. The van der Waals surface area contributed by atoms with Gasteiger partial charge in [-0.05, 0) is 23.3 Å². The molecule has 0 unspecified atom stereocenters. The SMILES string of the molecule is C=Cc1ccc(O)c(C=Cc2ccccc2)c1. The molecule has 0 heterocycles. The van der Waals surface area contributed by atoms with E-state index in [9.17, 15) is 5.11 Å². The lowest BCUT2D eigenvalue weighted by Gasteiger charge is -2.01. The van der Waals surface area contributed by atoms with Crippen LogP contribution in [0.4, 0.5) is 0 Å². The fourth-order valence-electron chi connectivity index (χ4n) is 1.58. The van der Waals surface area contributed by atoms with Crippen LogP contribution in [0.25, 0.3) is 18.2 Å². The van der Waals surface area contributed by atoms with Crippen molar-refractivity contribution < 1.29 is 5.11 Å². The molecule has 0 radical (unpaired) electrons.